The van der Waals surface area contributed by atoms with Crippen molar-refractivity contribution < 1.29 is 0 Å². The van der Waals surface area contributed by atoms with Crippen molar-refractivity contribution in [2.75, 3.05) is 5.73 Å². The number of aromatic nitrogens is 1. The molecule has 0 aliphatic heterocycles. The molecule has 1 aromatic heterocycles. The van der Waals surface area contributed by atoms with Gasteiger partial charge in [-0.25, -0.2) is 0 Å². The van der Waals surface area contributed by atoms with Gasteiger partial charge in [0.15, 0.2) is 0 Å². The molecule has 0 atom stereocenters. The van der Waals surface area contributed by atoms with Gasteiger partial charge in [0.1, 0.15) is 5.82 Å². The van der Waals surface area contributed by atoms with Crippen LogP contribution in [0.15, 0.2) is 41.2 Å². The van der Waals surface area contributed by atoms with Gasteiger partial charge in [-0.05, 0) is 18.1 Å². The van der Waals surface area contributed by atoms with Gasteiger partial charge in [-0.1, -0.05) is 30.3 Å². The lowest BCUT2D eigenvalue weighted by atomic mass is 10.0. The molecule has 1 aromatic carbocycles. The number of nitrogen functional groups attached to an aromatic ring is 1. The summed E-state index contributed by atoms with van der Waals surface area (Å²) in [5.74, 6) is 0.422. The summed E-state index contributed by atoms with van der Waals surface area (Å²) in [7, 11) is 0. The maximum absolute atomic E-state index is 11.2. The summed E-state index contributed by atoms with van der Waals surface area (Å²) in [5, 5.41) is 0. The van der Waals surface area contributed by atoms with Crippen molar-refractivity contribution in [3.05, 3.63) is 52.3 Å². The summed E-state index contributed by atoms with van der Waals surface area (Å²) in [6.07, 6.45) is 0. The Morgan fingerprint density at radius 2 is 1.87 bits per heavy atom. The highest BCUT2D eigenvalue weighted by Gasteiger charge is 2.06. The summed E-state index contributed by atoms with van der Waals surface area (Å²) in [6, 6.07) is 11.3. The first-order chi connectivity index (χ1) is 7.18. The zero-order valence-electron chi connectivity index (χ0n) is 8.45. The zero-order chi connectivity index (χ0) is 10.8. The number of hydrogen-bond acceptors (Lipinski definition) is 2. The predicted molar refractivity (Wildman–Crippen MR) is 61.6 cm³/mol. The number of pyridine rings is 1. The van der Waals surface area contributed by atoms with Gasteiger partial charge in [-0.2, -0.15) is 0 Å². The normalized spacial score (nSPS) is 10.2. The fourth-order valence-electron chi connectivity index (χ4n) is 1.70. The minimum absolute atomic E-state index is 0.162. The van der Waals surface area contributed by atoms with E-state index in [4.69, 9.17) is 5.73 Å². The van der Waals surface area contributed by atoms with Gasteiger partial charge in [0.25, 0.3) is 0 Å². The molecule has 0 fully saturated rings. The first-order valence-electron chi connectivity index (χ1n) is 4.73. The van der Waals surface area contributed by atoms with Crippen molar-refractivity contribution >= 4 is 5.82 Å². The van der Waals surface area contributed by atoms with Crippen molar-refractivity contribution in [2.45, 2.75) is 6.92 Å². The Kier molecular flexibility index (Phi) is 2.29. The molecule has 0 amide bonds. The van der Waals surface area contributed by atoms with Crippen LogP contribution in [-0.2, 0) is 0 Å². The SMILES string of the molecule is Cc1cc(=O)[nH]c(N)c1-c1ccccc1. The number of nitrogens with one attached hydrogen (secondary N) is 1. The zero-order valence-corrected chi connectivity index (χ0v) is 8.45. The average molecular weight is 200 g/mol. The van der Waals surface area contributed by atoms with Crippen LogP contribution in [0.25, 0.3) is 11.1 Å². The highest BCUT2D eigenvalue weighted by molar-refractivity contribution is 5.76. The van der Waals surface area contributed by atoms with Gasteiger partial charge in [0.05, 0.1) is 0 Å². The van der Waals surface area contributed by atoms with E-state index in [0.717, 1.165) is 16.7 Å². The largest absolute Gasteiger partial charge is 0.385 e. The van der Waals surface area contributed by atoms with Gasteiger partial charge in [0.2, 0.25) is 5.56 Å². The standard InChI is InChI=1S/C12H12N2O/c1-8-7-10(15)14-12(13)11(8)9-5-3-2-4-6-9/h2-7H,1H3,(H3,13,14,15). The highest BCUT2D eigenvalue weighted by Crippen LogP contribution is 2.25. The number of rotatable bonds is 1. The molecule has 0 radical (unpaired) electrons. The fourth-order valence-corrected chi connectivity index (χ4v) is 1.70. The molecule has 0 aliphatic rings. The molecule has 15 heavy (non-hydrogen) atoms. The van der Waals surface area contributed by atoms with E-state index in [1.54, 1.807) is 6.07 Å². The topological polar surface area (TPSA) is 58.9 Å². The quantitative estimate of drug-likeness (QED) is 0.739. The second-order valence-electron chi connectivity index (χ2n) is 3.47. The molecular formula is C12H12N2O. The van der Waals surface area contributed by atoms with E-state index in [1.165, 1.54) is 0 Å². The van der Waals surface area contributed by atoms with Crippen LogP contribution >= 0.6 is 0 Å². The molecule has 2 aromatic rings. The molecular weight excluding hydrogens is 188 g/mol. The molecule has 0 unspecified atom stereocenters. The molecule has 0 bridgehead atoms. The molecule has 0 aliphatic carbocycles. The monoisotopic (exact) mass is 200 g/mol. The Hall–Kier alpha value is -2.03. The summed E-state index contributed by atoms with van der Waals surface area (Å²) in [4.78, 5) is 13.8. The third-order valence-electron chi connectivity index (χ3n) is 2.33. The Labute approximate surface area is 87.6 Å². The Morgan fingerprint density at radius 3 is 2.47 bits per heavy atom. The van der Waals surface area contributed by atoms with Gasteiger partial charge < -0.3 is 10.7 Å². The van der Waals surface area contributed by atoms with Gasteiger partial charge in [-0.15, -0.1) is 0 Å². The number of nitrogens with two attached hydrogens (primary N) is 1. The summed E-state index contributed by atoms with van der Waals surface area (Å²) >= 11 is 0. The number of aromatic amines is 1. The number of H-pyrrole nitrogens is 1. The third kappa shape index (κ3) is 1.76. The first-order valence-corrected chi connectivity index (χ1v) is 4.73. The van der Waals surface area contributed by atoms with Crippen LogP contribution in [0.2, 0.25) is 0 Å². The van der Waals surface area contributed by atoms with Gasteiger partial charge in [0, 0.05) is 11.6 Å². The van der Waals surface area contributed by atoms with E-state index in [0.29, 0.717) is 5.82 Å². The molecule has 0 spiro atoms. The van der Waals surface area contributed by atoms with E-state index < -0.39 is 0 Å². The minimum atomic E-state index is -0.162. The Balaban J connectivity index is 2.69. The smallest absolute Gasteiger partial charge is 0.249 e. The first kappa shape index (κ1) is 9.52. The van der Waals surface area contributed by atoms with Crippen molar-refractivity contribution in [2.24, 2.45) is 0 Å². The molecule has 1 heterocycles. The molecule has 0 saturated heterocycles. The van der Waals surface area contributed by atoms with Crippen LogP contribution in [0.4, 0.5) is 5.82 Å². The number of benzene rings is 1. The molecule has 3 heteroatoms. The van der Waals surface area contributed by atoms with Gasteiger partial charge >= 0.3 is 0 Å². The van der Waals surface area contributed by atoms with Crippen molar-refractivity contribution in [3.63, 3.8) is 0 Å². The maximum atomic E-state index is 11.2. The second kappa shape index (κ2) is 3.61. The summed E-state index contributed by atoms with van der Waals surface area (Å²) in [5.41, 5.74) is 8.44. The van der Waals surface area contributed by atoms with Crippen LogP contribution in [-0.4, -0.2) is 4.98 Å². The summed E-state index contributed by atoms with van der Waals surface area (Å²) in [6.45, 7) is 1.88. The number of hydrogen-bond donors (Lipinski definition) is 2. The molecule has 2 rings (SSSR count). The van der Waals surface area contributed by atoms with Crippen LogP contribution in [0.5, 0.6) is 0 Å². The number of anilines is 1. The van der Waals surface area contributed by atoms with Gasteiger partial charge in [-0.3, -0.25) is 4.79 Å². The highest BCUT2D eigenvalue weighted by atomic mass is 16.1. The Morgan fingerprint density at radius 1 is 1.20 bits per heavy atom. The van der Waals surface area contributed by atoms with Crippen LogP contribution in [0, 0.1) is 6.92 Å². The lowest BCUT2D eigenvalue weighted by molar-refractivity contribution is 1.22. The lowest BCUT2D eigenvalue weighted by Gasteiger charge is -2.08. The lowest BCUT2D eigenvalue weighted by Crippen LogP contribution is -2.10. The number of aryl methyl sites for hydroxylation is 1. The maximum Gasteiger partial charge on any atom is 0.249 e. The third-order valence-corrected chi connectivity index (χ3v) is 2.33. The van der Waals surface area contributed by atoms with E-state index in [9.17, 15) is 4.79 Å². The van der Waals surface area contributed by atoms with Crippen molar-refractivity contribution in [1.29, 1.82) is 0 Å². The van der Waals surface area contributed by atoms with Crippen LogP contribution < -0.4 is 11.3 Å². The van der Waals surface area contributed by atoms with E-state index >= 15 is 0 Å². The van der Waals surface area contributed by atoms with Crippen LogP contribution in [0.3, 0.4) is 0 Å². The van der Waals surface area contributed by atoms with Crippen molar-refractivity contribution in [3.8, 4) is 11.1 Å². The molecule has 0 saturated carbocycles. The van der Waals surface area contributed by atoms with Crippen LogP contribution in [0.1, 0.15) is 5.56 Å². The summed E-state index contributed by atoms with van der Waals surface area (Å²) < 4.78 is 0. The Bertz CT molecular complexity index is 503. The predicted octanol–water partition coefficient (Wildman–Crippen LogP) is 1.93. The average Bonchev–Trinajstić information content (AvgIpc) is 2.17. The minimum Gasteiger partial charge on any atom is -0.385 e. The molecule has 3 nitrogen and oxygen atoms in total. The van der Waals surface area contributed by atoms with E-state index in [2.05, 4.69) is 4.98 Å². The molecule has 3 N–H and O–H groups in total. The van der Waals surface area contributed by atoms with E-state index in [-0.39, 0.29) is 5.56 Å². The second-order valence-corrected chi connectivity index (χ2v) is 3.47. The molecule has 76 valence electrons. The fraction of sp³-hybridized carbons (Fsp3) is 0.0833. The van der Waals surface area contributed by atoms with Crippen molar-refractivity contribution in [1.82, 2.24) is 4.98 Å². The van der Waals surface area contributed by atoms with E-state index in [1.807, 2.05) is 37.3 Å².